The molecule has 0 aliphatic carbocycles. The largest absolute Gasteiger partial charge is 0.497 e. The number of carboxylic acid groups (broad SMARTS) is 1. The van der Waals surface area contributed by atoms with Crippen molar-refractivity contribution in [2.24, 2.45) is 0 Å². The van der Waals surface area contributed by atoms with Crippen molar-refractivity contribution >= 4 is 16.7 Å². The highest BCUT2D eigenvalue weighted by molar-refractivity contribution is 5.86. The van der Waals surface area contributed by atoms with E-state index >= 15 is 0 Å². The summed E-state index contributed by atoms with van der Waals surface area (Å²) < 4.78 is 9.98. The zero-order chi connectivity index (χ0) is 16.5. The highest BCUT2D eigenvalue weighted by Crippen LogP contribution is 2.25. The Kier molecular flexibility index (Phi) is 7.40. The smallest absolute Gasteiger partial charge is 0.310 e. The lowest BCUT2D eigenvalue weighted by atomic mass is 9.98. The number of benzene rings is 2. The maximum atomic E-state index is 10.9. The molecular weight excluding hydrogens is 280 g/mol. The molecule has 0 saturated heterocycles. The van der Waals surface area contributed by atoms with Crippen LogP contribution in [0.4, 0.5) is 0 Å². The van der Waals surface area contributed by atoms with Crippen LogP contribution in [0.1, 0.15) is 32.3 Å². The third-order valence-corrected chi connectivity index (χ3v) is 3.35. The molecular formula is C18H24O4. The number of carbonyl (C=O) groups is 1. The first kappa shape index (κ1) is 18.0. The van der Waals surface area contributed by atoms with Gasteiger partial charge in [-0.25, -0.2) is 0 Å². The lowest BCUT2D eigenvalue weighted by molar-refractivity contribution is -0.138. The van der Waals surface area contributed by atoms with Crippen LogP contribution in [0, 0.1) is 0 Å². The maximum absolute atomic E-state index is 10.9. The van der Waals surface area contributed by atoms with Gasteiger partial charge in [-0.3, -0.25) is 4.79 Å². The first-order chi connectivity index (χ1) is 10.5. The molecule has 2 rings (SSSR count). The van der Waals surface area contributed by atoms with Gasteiger partial charge in [0.2, 0.25) is 0 Å². The van der Waals surface area contributed by atoms with E-state index in [4.69, 9.17) is 14.6 Å². The Bertz CT molecular complexity index is 605. The number of ether oxygens (including phenoxy) is 2. The summed E-state index contributed by atoms with van der Waals surface area (Å²) in [6, 6.07) is 11.4. The van der Waals surface area contributed by atoms with Gasteiger partial charge >= 0.3 is 5.97 Å². The Morgan fingerprint density at radius 3 is 2.18 bits per heavy atom. The summed E-state index contributed by atoms with van der Waals surface area (Å²) in [5, 5.41) is 11.0. The Hall–Kier alpha value is -2.07. The average Bonchev–Trinajstić information content (AvgIpc) is 2.54. The van der Waals surface area contributed by atoms with Crippen molar-refractivity contribution in [2.75, 3.05) is 20.3 Å². The van der Waals surface area contributed by atoms with Crippen molar-refractivity contribution < 1.29 is 19.4 Å². The predicted octanol–water partition coefficient (Wildman–Crippen LogP) is 4.08. The molecule has 0 bridgehead atoms. The lowest BCUT2D eigenvalue weighted by Gasteiger charge is -2.08. The van der Waals surface area contributed by atoms with Crippen LogP contribution in [0.25, 0.3) is 10.8 Å². The zero-order valence-electron chi connectivity index (χ0n) is 13.6. The van der Waals surface area contributed by atoms with Crippen LogP contribution in [0.2, 0.25) is 0 Å². The number of hydrogen-bond donors (Lipinski definition) is 1. The summed E-state index contributed by atoms with van der Waals surface area (Å²) in [6.07, 6.45) is 0. The second kappa shape index (κ2) is 9.05. The van der Waals surface area contributed by atoms with Gasteiger partial charge in [-0.1, -0.05) is 24.3 Å². The Balaban J connectivity index is 0.000000422. The minimum absolute atomic E-state index is 0.485. The van der Waals surface area contributed by atoms with Crippen LogP contribution in [0.5, 0.6) is 5.75 Å². The molecule has 0 aromatic heterocycles. The third kappa shape index (κ3) is 5.04. The quantitative estimate of drug-likeness (QED) is 0.904. The standard InChI is InChI=1S/C14H14O3.C4H10O/c1-9(14(15)16)10-3-4-12-8-13(17-2)6-5-11(12)7-10;1-3-5-4-2/h3-9H,1-2H3,(H,15,16);3-4H2,1-2H3/t9-;/m0./s1. The monoisotopic (exact) mass is 304 g/mol. The molecule has 0 heterocycles. The van der Waals surface area contributed by atoms with E-state index in [1.807, 2.05) is 50.2 Å². The summed E-state index contributed by atoms with van der Waals surface area (Å²) in [6.45, 7) is 7.35. The molecule has 0 aliphatic heterocycles. The number of aliphatic carboxylic acids is 1. The molecule has 0 radical (unpaired) electrons. The summed E-state index contributed by atoms with van der Waals surface area (Å²) in [5.41, 5.74) is 0.815. The number of hydrogen-bond acceptors (Lipinski definition) is 3. The van der Waals surface area contributed by atoms with Crippen molar-refractivity contribution in [3.8, 4) is 5.75 Å². The van der Waals surface area contributed by atoms with Crippen LogP contribution in [0.15, 0.2) is 36.4 Å². The molecule has 4 nitrogen and oxygen atoms in total. The molecule has 22 heavy (non-hydrogen) atoms. The topological polar surface area (TPSA) is 55.8 Å². The fourth-order valence-corrected chi connectivity index (χ4v) is 1.99. The molecule has 2 aromatic rings. The molecule has 0 aliphatic rings. The van der Waals surface area contributed by atoms with E-state index in [2.05, 4.69) is 0 Å². The van der Waals surface area contributed by atoms with Crippen molar-refractivity contribution in [3.63, 3.8) is 0 Å². The normalized spacial score (nSPS) is 11.5. The van der Waals surface area contributed by atoms with Crippen LogP contribution < -0.4 is 4.74 Å². The molecule has 4 heteroatoms. The van der Waals surface area contributed by atoms with Gasteiger partial charge in [0.05, 0.1) is 13.0 Å². The number of carboxylic acids is 1. The van der Waals surface area contributed by atoms with Crippen LogP contribution in [-0.2, 0) is 9.53 Å². The minimum Gasteiger partial charge on any atom is -0.497 e. The Morgan fingerprint density at radius 2 is 1.68 bits per heavy atom. The Labute approximate surface area is 131 Å². The average molecular weight is 304 g/mol. The van der Waals surface area contributed by atoms with Gasteiger partial charge in [0.15, 0.2) is 0 Å². The molecule has 1 N–H and O–H groups in total. The van der Waals surface area contributed by atoms with Gasteiger partial charge in [0.1, 0.15) is 5.75 Å². The van der Waals surface area contributed by atoms with Crippen LogP contribution >= 0.6 is 0 Å². The van der Waals surface area contributed by atoms with E-state index in [9.17, 15) is 4.79 Å². The fourth-order valence-electron chi connectivity index (χ4n) is 1.99. The van der Waals surface area contributed by atoms with E-state index in [1.165, 1.54) is 0 Å². The number of rotatable bonds is 5. The van der Waals surface area contributed by atoms with Crippen molar-refractivity contribution in [1.82, 2.24) is 0 Å². The van der Waals surface area contributed by atoms with Crippen LogP contribution in [-0.4, -0.2) is 31.4 Å². The van der Waals surface area contributed by atoms with E-state index in [0.717, 1.165) is 35.3 Å². The van der Waals surface area contributed by atoms with E-state index < -0.39 is 11.9 Å². The maximum Gasteiger partial charge on any atom is 0.310 e. The minimum atomic E-state index is -0.808. The molecule has 0 spiro atoms. The zero-order valence-corrected chi connectivity index (χ0v) is 13.6. The van der Waals surface area contributed by atoms with Gasteiger partial charge in [0, 0.05) is 13.2 Å². The summed E-state index contributed by atoms with van der Waals surface area (Å²) in [4.78, 5) is 10.9. The van der Waals surface area contributed by atoms with Gasteiger partial charge in [-0.2, -0.15) is 0 Å². The van der Waals surface area contributed by atoms with Crippen molar-refractivity contribution in [3.05, 3.63) is 42.0 Å². The molecule has 0 amide bonds. The second-order valence-corrected chi connectivity index (χ2v) is 4.81. The second-order valence-electron chi connectivity index (χ2n) is 4.81. The molecule has 0 unspecified atom stereocenters. The van der Waals surface area contributed by atoms with Crippen molar-refractivity contribution in [1.29, 1.82) is 0 Å². The highest BCUT2D eigenvalue weighted by atomic mass is 16.5. The summed E-state index contributed by atoms with van der Waals surface area (Å²) in [5.74, 6) is -0.490. The molecule has 2 aromatic carbocycles. The molecule has 1 atom stereocenters. The lowest BCUT2D eigenvalue weighted by Crippen LogP contribution is -2.06. The van der Waals surface area contributed by atoms with Gasteiger partial charge < -0.3 is 14.6 Å². The predicted molar refractivity (Wildman–Crippen MR) is 88.7 cm³/mol. The number of fused-ring (bicyclic) bond motifs is 1. The van der Waals surface area contributed by atoms with Crippen molar-refractivity contribution in [2.45, 2.75) is 26.7 Å². The first-order valence-corrected chi connectivity index (χ1v) is 7.41. The summed E-state index contributed by atoms with van der Waals surface area (Å²) in [7, 11) is 1.63. The third-order valence-electron chi connectivity index (χ3n) is 3.35. The van der Waals surface area contributed by atoms with Gasteiger partial charge in [-0.05, 0) is 49.2 Å². The van der Waals surface area contributed by atoms with E-state index in [0.29, 0.717) is 0 Å². The van der Waals surface area contributed by atoms with Crippen LogP contribution in [0.3, 0.4) is 0 Å². The molecule has 120 valence electrons. The number of methoxy groups -OCH3 is 1. The van der Waals surface area contributed by atoms with Gasteiger partial charge in [0.25, 0.3) is 0 Å². The van der Waals surface area contributed by atoms with E-state index in [1.54, 1.807) is 14.0 Å². The summed E-state index contributed by atoms with van der Waals surface area (Å²) >= 11 is 0. The van der Waals surface area contributed by atoms with Gasteiger partial charge in [-0.15, -0.1) is 0 Å². The molecule has 0 fully saturated rings. The highest BCUT2D eigenvalue weighted by Gasteiger charge is 2.13. The fraction of sp³-hybridized carbons (Fsp3) is 0.389. The first-order valence-electron chi connectivity index (χ1n) is 7.41. The SMILES string of the molecule is CCOCC.COc1ccc2cc([C@H](C)C(=O)O)ccc2c1. The van der Waals surface area contributed by atoms with E-state index in [-0.39, 0.29) is 0 Å². The molecule has 0 saturated carbocycles. The Morgan fingerprint density at radius 1 is 1.09 bits per heavy atom.